The van der Waals surface area contributed by atoms with Crippen LogP contribution in [-0.4, -0.2) is 19.5 Å². The van der Waals surface area contributed by atoms with Gasteiger partial charge in [-0.25, -0.2) is 15.0 Å². The first-order valence-electron chi connectivity index (χ1n) is 21.6. The highest BCUT2D eigenvalue weighted by Gasteiger charge is 2.22. The Morgan fingerprint density at radius 1 is 0.312 bits per heavy atom. The predicted octanol–water partition coefficient (Wildman–Crippen LogP) is 15.5. The zero-order valence-corrected chi connectivity index (χ0v) is 34.5. The molecular weight excluding hydrogens is 781 g/mol. The van der Waals surface area contributed by atoms with Crippen LogP contribution in [0.3, 0.4) is 0 Å². The number of rotatable bonds is 6. The van der Waals surface area contributed by atoms with Crippen LogP contribution in [0.15, 0.2) is 223 Å². The largest absolute Gasteiger partial charge is 0.456 e. The third kappa shape index (κ3) is 5.98. The maximum atomic E-state index is 6.92. The van der Waals surface area contributed by atoms with Gasteiger partial charge in [-0.05, 0) is 86.3 Å². The summed E-state index contributed by atoms with van der Waals surface area (Å²) in [7, 11) is 0. The summed E-state index contributed by atoms with van der Waals surface area (Å²) in [6, 6.07) is 76.9. The smallest absolute Gasteiger partial charge is 0.164 e. The maximum Gasteiger partial charge on any atom is 0.164 e. The molecule has 0 unspecified atom stereocenters. The number of aromatic nitrogens is 4. The topological polar surface area (TPSA) is 56.7 Å². The molecule has 0 bridgehead atoms. The van der Waals surface area contributed by atoms with Crippen LogP contribution in [0.1, 0.15) is 0 Å². The Kier molecular flexibility index (Phi) is 8.15. The van der Waals surface area contributed by atoms with E-state index in [1.807, 2.05) is 12.1 Å². The second kappa shape index (κ2) is 14.5. The quantitative estimate of drug-likeness (QED) is 0.168. The third-order valence-electron chi connectivity index (χ3n) is 12.6. The molecule has 0 N–H and O–H groups in total. The molecule has 0 aliphatic rings. The molecule has 64 heavy (non-hydrogen) atoms. The second-order valence-corrected chi connectivity index (χ2v) is 16.4. The molecule has 5 heteroatoms. The molecule has 5 nitrogen and oxygen atoms in total. The third-order valence-corrected chi connectivity index (χ3v) is 12.6. The fraction of sp³-hybridized carbons (Fsp3) is 0. The van der Waals surface area contributed by atoms with Gasteiger partial charge in [-0.1, -0.05) is 170 Å². The Morgan fingerprint density at radius 3 is 1.58 bits per heavy atom. The van der Waals surface area contributed by atoms with E-state index >= 15 is 0 Å². The van der Waals surface area contributed by atoms with Crippen LogP contribution >= 0.6 is 0 Å². The van der Waals surface area contributed by atoms with Gasteiger partial charge in [0.05, 0.1) is 16.7 Å². The highest BCUT2D eigenvalue weighted by molar-refractivity contribution is 6.17. The fourth-order valence-electron chi connectivity index (χ4n) is 9.48. The molecule has 0 saturated carbocycles. The Bertz CT molecular complexity index is 3940. The van der Waals surface area contributed by atoms with E-state index in [1.54, 1.807) is 0 Å². The van der Waals surface area contributed by atoms with Gasteiger partial charge in [-0.15, -0.1) is 0 Å². The van der Waals surface area contributed by atoms with Crippen LogP contribution in [0, 0.1) is 0 Å². The molecule has 13 aromatic rings. The van der Waals surface area contributed by atoms with Crippen molar-refractivity contribution in [2.45, 2.75) is 0 Å². The number of hydrogen-bond donors (Lipinski definition) is 0. The maximum absolute atomic E-state index is 6.92. The second-order valence-electron chi connectivity index (χ2n) is 16.4. The number of nitrogens with zero attached hydrogens (tertiary/aromatic N) is 4. The van der Waals surface area contributed by atoms with Crippen LogP contribution in [0.25, 0.3) is 127 Å². The summed E-state index contributed by atoms with van der Waals surface area (Å²) in [5.41, 5.74) is 11.9. The van der Waals surface area contributed by atoms with E-state index < -0.39 is 0 Å². The monoisotopic (exact) mass is 816 g/mol. The molecule has 0 fully saturated rings. The molecular formula is C59H36N4O. The molecule has 13 rings (SSSR count). The van der Waals surface area contributed by atoms with Gasteiger partial charge in [0.25, 0.3) is 0 Å². The minimum absolute atomic E-state index is 0.561. The molecule has 0 amide bonds. The SMILES string of the molecule is c1ccc(-c2ccc(-c3nc(-c4cccc(-c5ccccc5)c4)nc(-c4cc(-n5c6ccccc6c6cc7ccccc7cc65)cc5oc6cc7ccccc7cc6c45)n3)cc2)cc1. The van der Waals surface area contributed by atoms with Gasteiger partial charge in [0, 0.05) is 44.3 Å². The number of hydrogen-bond acceptors (Lipinski definition) is 4. The highest BCUT2D eigenvalue weighted by Crippen LogP contribution is 2.43. The average molecular weight is 817 g/mol. The molecule has 0 radical (unpaired) electrons. The Hall–Kier alpha value is -8.67. The molecule has 298 valence electrons. The van der Waals surface area contributed by atoms with Crippen molar-refractivity contribution in [3.8, 4) is 62.1 Å². The van der Waals surface area contributed by atoms with Crippen LogP contribution in [0.2, 0.25) is 0 Å². The van der Waals surface area contributed by atoms with Crippen molar-refractivity contribution in [2.24, 2.45) is 0 Å². The molecule has 0 aliphatic heterocycles. The first-order chi connectivity index (χ1) is 31.7. The number of fused-ring (bicyclic) bond motifs is 8. The molecule has 3 aromatic heterocycles. The van der Waals surface area contributed by atoms with Gasteiger partial charge >= 0.3 is 0 Å². The van der Waals surface area contributed by atoms with Crippen molar-refractivity contribution in [1.29, 1.82) is 0 Å². The molecule has 0 saturated heterocycles. The molecule has 10 aromatic carbocycles. The number of para-hydroxylation sites is 1. The minimum atomic E-state index is 0.561. The van der Waals surface area contributed by atoms with E-state index in [4.69, 9.17) is 19.4 Å². The summed E-state index contributed by atoms with van der Waals surface area (Å²) < 4.78 is 9.28. The van der Waals surface area contributed by atoms with Gasteiger partial charge in [0.2, 0.25) is 0 Å². The van der Waals surface area contributed by atoms with Crippen LogP contribution in [-0.2, 0) is 0 Å². The number of benzene rings is 10. The zero-order valence-electron chi connectivity index (χ0n) is 34.5. The van der Waals surface area contributed by atoms with Crippen molar-refractivity contribution in [1.82, 2.24) is 19.5 Å². The van der Waals surface area contributed by atoms with Crippen LogP contribution in [0.5, 0.6) is 0 Å². The van der Waals surface area contributed by atoms with E-state index in [-0.39, 0.29) is 0 Å². The lowest BCUT2D eigenvalue weighted by Gasteiger charge is -2.13. The van der Waals surface area contributed by atoms with E-state index in [0.29, 0.717) is 17.5 Å². The summed E-state index contributed by atoms with van der Waals surface area (Å²) in [5, 5.41) is 8.97. The van der Waals surface area contributed by atoms with E-state index in [9.17, 15) is 0 Å². The molecule has 0 atom stereocenters. The van der Waals surface area contributed by atoms with Gasteiger partial charge in [-0.3, -0.25) is 0 Å². The molecule has 0 spiro atoms. The van der Waals surface area contributed by atoms with Crippen LogP contribution < -0.4 is 0 Å². The zero-order chi connectivity index (χ0) is 42.1. The lowest BCUT2D eigenvalue weighted by molar-refractivity contribution is 0.669. The summed E-state index contributed by atoms with van der Waals surface area (Å²) in [4.78, 5) is 16.0. The van der Waals surface area contributed by atoms with Gasteiger partial charge < -0.3 is 8.98 Å². The van der Waals surface area contributed by atoms with E-state index in [0.717, 1.165) is 88.4 Å². The number of furan rings is 1. The van der Waals surface area contributed by atoms with E-state index in [1.165, 1.54) is 21.5 Å². The lowest BCUT2D eigenvalue weighted by Crippen LogP contribution is -2.02. The van der Waals surface area contributed by atoms with Gasteiger partial charge in [0.15, 0.2) is 17.5 Å². The van der Waals surface area contributed by atoms with Crippen molar-refractivity contribution in [3.05, 3.63) is 218 Å². The van der Waals surface area contributed by atoms with Gasteiger partial charge in [-0.2, -0.15) is 0 Å². The highest BCUT2D eigenvalue weighted by atomic mass is 16.3. The first kappa shape index (κ1) is 36.0. The Labute approximate surface area is 368 Å². The first-order valence-corrected chi connectivity index (χ1v) is 21.6. The van der Waals surface area contributed by atoms with Crippen molar-refractivity contribution in [3.63, 3.8) is 0 Å². The average Bonchev–Trinajstić information content (AvgIpc) is 3.89. The van der Waals surface area contributed by atoms with Gasteiger partial charge in [0.1, 0.15) is 11.2 Å². The lowest BCUT2D eigenvalue weighted by atomic mass is 10.0. The molecule has 0 aliphatic carbocycles. The van der Waals surface area contributed by atoms with Crippen molar-refractivity contribution in [2.75, 3.05) is 0 Å². The van der Waals surface area contributed by atoms with E-state index in [2.05, 4.69) is 211 Å². The van der Waals surface area contributed by atoms with Crippen molar-refractivity contribution < 1.29 is 4.42 Å². The summed E-state index contributed by atoms with van der Waals surface area (Å²) in [6.45, 7) is 0. The van der Waals surface area contributed by atoms with Crippen molar-refractivity contribution >= 4 is 65.3 Å². The normalized spacial score (nSPS) is 11.8. The fourth-order valence-corrected chi connectivity index (χ4v) is 9.48. The van der Waals surface area contributed by atoms with Crippen LogP contribution in [0.4, 0.5) is 0 Å². The summed E-state index contributed by atoms with van der Waals surface area (Å²) >= 11 is 0. The standard InChI is InChI=1S/C59H36N4O/c1-3-14-37(15-4-1)39-26-28-40(29-27-39)57-60-58(46-23-13-22-41(30-46)38-16-5-2-6-17-38)62-59(61-57)51-35-47(36-55-56(51)50-32-43-19-8-10-21-45(43)34-54(50)64-55)63-52-25-12-11-24-48(52)49-31-42-18-7-9-20-44(42)33-53(49)63/h1-36H. The Morgan fingerprint density at radius 2 is 0.844 bits per heavy atom. The Balaban J connectivity index is 1.10. The summed E-state index contributed by atoms with van der Waals surface area (Å²) in [6.07, 6.45) is 0. The molecule has 3 heterocycles. The predicted molar refractivity (Wildman–Crippen MR) is 264 cm³/mol. The summed E-state index contributed by atoms with van der Waals surface area (Å²) in [5.74, 6) is 1.74. The minimum Gasteiger partial charge on any atom is -0.456 e.